The Kier molecular flexibility index (Phi) is 3.99. The SMILES string of the molecule is O=C(CC1C=CCC1)N[C@@H]1CCCC[C@H]1O. The number of hydrogen-bond donors (Lipinski definition) is 2. The fourth-order valence-electron chi connectivity index (χ4n) is 2.65. The molecule has 0 aromatic rings. The van der Waals surface area contributed by atoms with Crippen LogP contribution in [0.5, 0.6) is 0 Å². The molecular weight excluding hydrogens is 202 g/mol. The molecule has 1 saturated carbocycles. The number of rotatable bonds is 3. The third kappa shape index (κ3) is 3.08. The Morgan fingerprint density at radius 3 is 2.81 bits per heavy atom. The molecule has 0 aromatic heterocycles. The highest BCUT2D eigenvalue weighted by Crippen LogP contribution is 2.22. The van der Waals surface area contributed by atoms with Gasteiger partial charge in [-0.3, -0.25) is 4.79 Å². The molecule has 0 saturated heterocycles. The van der Waals surface area contributed by atoms with Crippen molar-refractivity contribution in [3.05, 3.63) is 12.2 Å². The minimum atomic E-state index is -0.336. The molecule has 3 heteroatoms. The zero-order valence-electron chi connectivity index (χ0n) is 9.69. The van der Waals surface area contributed by atoms with Gasteiger partial charge in [0.05, 0.1) is 12.1 Å². The molecule has 3 nitrogen and oxygen atoms in total. The van der Waals surface area contributed by atoms with Gasteiger partial charge in [-0.25, -0.2) is 0 Å². The maximum Gasteiger partial charge on any atom is 0.220 e. The van der Waals surface area contributed by atoms with Crippen molar-refractivity contribution in [3.63, 3.8) is 0 Å². The molecule has 0 radical (unpaired) electrons. The molecule has 0 aliphatic heterocycles. The van der Waals surface area contributed by atoms with Crippen LogP contribution in [-0.4, -0.2) is 23.2 Å². The molecule has 3 atom stereocenters. The Hall–Kier alpha value is -0.830. The molecule has 0 spiro atoms. The van der Waals surface area contributed by atoms with Gasteiger partial charge in [-0.05, 0) is 31.6 Å². The van der Waals surface area contributed by atoms with E-state index in [2.05, 4.69) is 17.5 Å². The van der Waals surface area contributed by atoms with E-state index in [-0.39, 0.29) is 18.1 Å². The molecule has 2 rings (SSSR count). The normalized spacial score (nSPS) is 33.9. The number of aliphatic hydroxyl groups excluding tert-OH is 1. The van der Waals surface area contributed by atoms with Crippen LogP contribution < -0.4 is 5.32 Å². The number of amides is 1. The summed E-state index contributed by atoms with van der Waals surface area (Å²) in [6.07, 6.45) is 10.7. The highest BCUT2D eigenvalue weighted by Gasteiger charge is 2.25. The lowest BCUT2D eigenvalue weighted by atomic mass is 9.92. The Labute approximate surface area is 96.9 Å². The maximum atomic E-state index is 11.8. The Morgan fingerprint density at radius 2 is 2.12 bits per heavy atom. The predicted molar refractivity (Wildman–Crippen MR) is 62.9 cm³/mol. The monoisotopic (exact) mass is 223 g/mol. The van der Waals surface area contributed by atoms with Crippen LogP contribution >= 0.6 is 0 Å². The summed E-state index contributed by atoms with van der Waals surface area (Å²) in [4.78, 5) is 11.8. The third-order valence-electron chi connectivity index (χ3n) is 3.64. The van der Waals surface area contributed by atoms with Gasteiger partial charge < -0.3 is 10.4 Å². The van der Waals surface area contributed by atoms with Crippen LogP contribution in [0.3, 0.4) is 0 Å². The fourth-order valence-corrected chi connectivity index (χ4v) is 2.65. The van der Waals surface area contributed by atoms with Gasteiger partial charge in [0, 0.05) is 6.42 Å². The molecular formula is C13H21NO2. The lowest BCUT2D eigenvalue weighted by Gasteiger charge is -2.28. The number of aliphatic hydroxyl groups is 1. The number of carbonyl (C=O) groups is 1. The quantitative estimate of drug-likeness (QED) is 0.716. The zero-order valence-corrected chi connectivity index (χ0v) is 9.69. The van der Waals surface area contributed by atoms with E-state index < -0.39 is 0 Å². The first-order valence-electron chi connectivity index (χ1n) is 6.40. The summed E-state index contributed by atoms with van der Waals surface area (Å²) >= 11 is 0. The molecule has 2 aliphatic carbocycles. The molecule has 1 amide bonds. The average Bonchev–Trinajstić information content (AvgIpc) is 2.74. The minimum Gasteiger partial charge on any atom is -0.391 e. The van der Waals surface area contributed by atoms with Crippen molar-refractivity contribution in [2.24, 2.45) is 5.92 Å². The number of carbonyl (C=O) groups excluding carboxylic acids is 1. The molecule has 2 aliphatic rings. The summed E-state index contributed by atoms with van der Waals surface area (Å²) in [6.45, 7) is 0. The molecule has 1 unspecified atom stereocenters. The van der Waals surface area contributed by atoms with E-state index >= 15 is 0 Å². The highest BCUT2D eigenvalue weighted by atomic mass is 16.3. The summed E-state index contributed by atoms with van der Waals surface area (Å²) < 4.78 is 0. The second-order valence-corrected chi connectivity index (χ2v) is 5.00. The van der Waals surface area contributed by atoms with E-state index in [0.29, 0.717) is 12.3 Å². The van der Waals surface area contributed by atoms with Crippen molar-refractivity contribution in [2.75, 3.05) is 0 Å². The van der Waals surface area contributed by atoms with E-state index in [0.717, 1.165) is 38.5 Å². The Morgan fingerprint density at radius 1 is 1.31 bits per heavy atom. The van der Waals surface area contributed by atoms with Crippen LogP contribution in [-0.2, 0) is 4.79 Å². The molecule has 1 fully saturated rings. The van der Waals surface area contributed by atoms with Gasteiger partial charge in [-0.1, -0.05) is 25.0 Å². The summed E-state index contributed by atoms with van der Waals surface area (Å²) in [7, 11) is 0. The van der Waals surface area contributed by atoms with Crippen LogP contribution in [0.2, 0.25) is 0 Å². The van der Waals surface area contributed by atoms with E-state index in [1.807, 2.05) is 0 Å². The lowest BCUT2D eigenvalue weighted by Crippen LogP contribution is -2.45. The average molecular weight is 223 g/mol. The first-order chi connectivity index (χ1) is 7.75. The topological polar surface area (TPSA) is 49.3 Å². The predicted octanol–water partition coefficient (Wildman–Crippen LogP) is 1.76. The van der Waals surface area contributed by atoms with Crippen LogP contribution in [0.15, 0.2) is 12.2 Å². The maximum absolute atomic E-state index is 11.8. The largest absolute Gasteiger partial charge is 0.391 e. The van der Waals surface area contributed by atoms with Crippen LogP contribution in [0.4, 0.5) is 0 Å². The fraction of sp³-hybridized carbons (Fsp3) is 0.769. The van der Waals surface area contributed by atoms with Crippen LogP contribution in [0.25, 0.3) is 0 Å². The molecule has 16 heavy (non-hydrogen) atoms. The summed E-state index contributed by atoms with van der Waals surface area (Å²) in [5, 5.41) is 12.7. The second kappa shape index (κ2) is 5.48. The second-order valence-electron chi connectivity index (χ2n) is 5.00. The molecule has 0 heterocycles. The van der Waals surface area contributed by atoms with Gasteiger partial charge >= 0.3 is 0 Å². The molecule has 2 N–H and O–H groups in total. The van der Waals surface area contributed by atoms with Gasteiger partial charge in [0.2, 0.25) is 5.91 Å². The smallest absolute Gasteiger partial charge is 0.220 e. The van der Waals surface area contributed by atoms with E-state index in [1.54, 1.807) is 0 Å². The van der Waals surface area contributed by atoms with E-state index in [9.17, 15) is 9.90 Å². The van der Waals surface area contributed by atoms with E-state index in [1.165, 1.54) is 0 Å². The summed E-state index contributed by atoms with van der Waals surface area (Å²) in [6, 6.07) is -0.00775. The first kappa shape index (κ1) is 11.6. The van der Waals surface area contributed by atoms with Crippen molar-refractivity contribution in [3.8, 4) is 0 Å². The first-order valence-corrected chi connectivity index (χ1v) is 6.40. The molecule has 90 valence electrons. The van der Waals surface area contributed by atoms with E-state index in [4.69, 9.17) is 0 Å². The Balaban J connectivity index is 1.75. The zero-order chi connectivity index (χ0) is 11.4. The molecule has 0 bridgehead atoms. The van der Waals surface area contributed by atoms with Crippen molar-refractivity contribution >= 4 is 5.91 Å². The number of allylic oxidation sites excluding steroid dienone is 2. The van der Waals surface area contributed by atoms with Gasteiger partial charge in [0.1, 0.15) is 0 Å². The van der Waals surface area contributed by atoms with Gasteiger partial charge in [-0.2, -0.15) is 0 Å². The Bertz CT molecular complexity index is 275. The van der Waals surface area contributed by atoms with Gasteiger partial charge in [0.25, 0.3) is 0 Å². The van der Waals surface area contributed by atoms with Crippen molar-refractivity contribution < 1.29 is 9.90 Å². The minimum absolute atomic E-state index is 0.00775. The summed E-state index contributed by atoms with van der Waals surface area (Å²) in [5.41, 5.74) is 0. The van der Waals surface area contributed by atoms with Crippen molar-refractivity contribution in [2.45, 2.75) is 57.1 Å². The van der Waals surface area contributed by atoms with Crippen molar-refractivity contribution in [1.82, 2.24) is 5.32 Å². The van der Waals surface area contributed by atoms with Crippen molar-refractivity contribution in [1.29, 1.82) is 0 Å². The van der Waals surface area contributed by atoms with Gasteiger partial charge in [0.15, 0.2) is 0 Å². The van der Waals surface area contributed by atoms with Gasteiger partial charge in [-0.15, -0.1) is 0 Å². The van der Waals surface area contributed by atoms with Crippen LogP contribution in [0, 0.1) is 5.92 Å². The summed E-state index contributed by atoms with van der Waals surface area (Å²) in [5.74, 6) is 0.517. The molecule has 0 aromatic carbocycles. The highest BCUT2D eigenvalue weighted by molar-refractivity contribution is 5.76. The number of hydrogen-bond acceptors (Lipinski definition) is 2. The number of nitrogens with one attached hydrogen (secondary N) is 1. The standard InChI is InChI=1S/C13H21NO2/c15-12-8-4-3-7-11(12)14-13(16)9-10-5-1-2-6-10/h1,5,10-12,15H,2-4,6-9H2,(H,14,16)/t10?,11-,12-/m1/s1. The lowest BCUT2D eigenvalue weighted by molar-refractivity contribution is -0.123. The third-order valence-corrected chi connectivity index (χ3v) is 3.64. The van der Waals surface area contributed by atoms with Crippen LogP contribution in [0.1, 0.15) is 44.9 Å².